The Balaban J connectivity index is 0.995. The van der Waals surface area contributed by atoms with E-state index in [2.05, 4.69) is 58.2 Å². The number of benzene rings is 1. The number of ether oxygens (including phenoxy) is 1. The van der Waals surface area contributed by atoms with Gasteiger partial charge in [0.1, 0.15) is 17.8 Å². The highest BCUT2D eigenvalue weighted by Crippen LogP contribution is 2.41. The zero-order valence-corrected chi connectivity index (χ0v) is 52.4. The van der Waals surface area contributed by atoms with Gasteiger partial charge in [0, 0.05) is 67.0 Å². The number of carbonyl (C=O) groups excluding carboxylic acids is 6. The van der Waals surface area contributed by atoms with Crippen molar-refractivity contribution < 1.29 is 78.3 Å². The molecule has 3 unspecified atom stereocenters. The first-order chi connectivity index (χ1) is 40.1. The molecule has 25 heteroatoms. The average Bonchev–Trinajstić information content (AvgIpc) is 1.62. The minimum atomic E-state index is -4.52. The fourth-order valence-corrected chi connectivity index (χ4v) is 11.7. The number of halogens is 2. The Labute approximate surface area is 503 Å². The molecular formula is C60H88BF2N9O11S2+2. The van der Waals surface area contributed by atoms with Crippen molar-refractivity contribution in [1.82, 2.24) is 25.5 Å². The van der Waals surface area contributed by atoms with Crippen molar-refractivity contribution in [2.45, 2.75) is 122 Å². The van der Waals surface area contributed by atoms with Crippen LogP contribution in [-0.2, 0) is 50.1 Å². The number of amides is 5. The molecule has 5 amide bonds. The van der Waals surface area contributed by atoms with Crippen LogP contribution in [0, 0.1) is 0 Å². The Morgan fingerprint density at radius 2 is 1.54 bits per heavy atom. The number of fused-ring (bicyclic) bond motifs is 2. The van der Waals surface area contributed by atoms with Gasteiger partial charge in [-0.3, -0.25) is 24.0 Å². The molecule has 0 radical (unpaired) electrons. The normalized spacial score (nSPS) is 16.2. The van der Waals surface area contributed by atoms with Gasteiger partial charge in [0.2, 0.25) is 17.7 Å². The van der Waals surface area contributed by atoms with E-state index in [0.717, 1.165) is 73.7 Å². The number of unbranched alkanes of at least 4 members (excludes halogenated alkanes) is 3. The molecule has 0 spiro atoms. The molecule has 5 heterocycles. The fraction of sp³-hybridized carbons (Fsp3) is 0.550. The molecule has 3 atom stereocenters. The highest BCUT2D eigenvalue weighted by molar-refractivity contribution is 7.85. The molecule has 85 heavy (non-hydrogen) atoms. The minimum Gasteiger partial charge on any atom is -0.748 e. The summed E-state index contributed by atoms with van der Waals surface area (Å²) in [6.07, 6.45) is 13.4. The second-order valence-corrected chi connectivity index (χ2v) is 26.9. The summed E-state index contributed by atoms with van der Waals surface area (Å²) in [5, 5.41) is 11.1. The number of quaternary nitrogens is 3. The number of thiophene rings is 1. The predicted octanol–water partition coefficient (Wildman–Crippen LogP) is 4.92. The molecule has 6 rings (SSSR count). The zero-order valence-electron chi connectivity index (χ0n) is 50.7. The number of hydrogen-bond donors (Lipinski definition) is 4. The number of aromatic nitrogens is 1. The summed E-state index contributed by atoms with van der Waals surface area (Å²) in [7, 11) is 10.0. The number of allylic oxidation sites excluding steroid dienone is 2. The van der Waals surface area contributed by atoms with E-state index in [1.54, 1.807) is 55.5 Å². The topological polar surface area (TPSA) is 230 Å². The number of imide groups is 1. The van der Waals surface area contributed by atoms with Crippen LogP contribution < -0.4 is 25.6 Å². The Hall–Kier alpha value is -6.38. The van der Waals surface area contributed by atoms with Gasteiger partial charge in [-0.25, -0.2) is 13.2 Å². The van der Waals surface area contributed by atoms with Crippen LogP contribution in [0.4, 0.5) is 8.63 Å². The molecule has 1 saturated heterocycles. The number of nitrogens with one attached hydrogen (secondary N) is 4. The third-order valence-corrected chi connectivity index (χ3v) is 16.8. The Morgan fingerprint density at radius 1 is 0.835 bits per heavy atom. The van der Waals surface area contributed by atoms with Gasteiger partial charge >= 0.3 is 12.9 Å². The monoisotopic (exact) mass is 1220 g/mol. The van der Waals surface area contributed by atoms with Crippen molar-refractivity contribution in [1.29, 1.82) is 0 Å². The molecule has 3 aliphatic rings. The number of likely N-dealkylation sites (N-methyl/N-ethyl adjacent to an activating group) is 1. The number of rotatable bonds is 36. The lowest BCUT2D eigenvalue weighted by Crippen LogP contribution is -3.09. The van der Waals surface area contributed by atoms with Crippen molar-refractivity contribution in [2.24, 2.45) is 0 Å². The lowest BCUT2D eigenvalue weighted by atomic mass is 9.88. The lowest BCUT2D eigenvalue weighted by Gasteiger charge is -2.31. The molecule has 0 aliphatic carbocycles. The van der Waals surface area contributed by atoms with Gasteiger partial charge in [-0.05, 0) is 117 Å². The number of carbonyl (C=O) groups is 6. The van der Waals surface area contributed by atoms with Crippen LogP contribution in [0.3, 0.4) is 0 Å². The van der Waals surface area contributed by atoms with E-state index in [0.29, 0.717) is 89.8 Å². The summed E-state index contributed by atoms with van der Waals surface area (Å²) in [5.41, 5.74) is 3.35. The molecule has 0 bridgehead atoms. The van der Waals surface area contributed by atoms with Gasteiger partial charge in [-0.1, -0.05) is 31.2 Å². The van der Waals surface area contributed by atoms with Gasteiger partial charge in [0.05, 0.1) is 104 Å². The third kappa shape index (κ3) is 20.9. The number of nitrogens with zero attached hydrogens (tertiary/aromatic N) is 5. The van der Waals surface area contributed by atoms with Crippen molar-refractivity contribution in [3.8, 4) is 5.75 Å². The van der Waals surface area contributed by atoms with E-state index in [9.17, 15) is 41.7 Å². The number of hydroxylamine groups is 2. The summed E-state index contributed by atoms with van der Waals surface area (Å²) >= 11 is 1.39. The van der Waals surface area contributed by atoms with E-state index >= 15 is 8.63 Å². The molecule has 1 fully saturated rings. The molecule has 466 valence electrons. The highest BCUT2D eigenvalue weighted by Gasteiger charge is 2.54. The quantitative estimate of drug-likeness (QED) is 0.0201. The number of hydrogen-bond acceptors (Lipinski definition) is 12. The number of aryl methyl sites for hydroxylation is 1. The predicted molar refractivity (Wildman–Crippen MR) is 324 cm³/mol. The Bertz CT molecular complexity index is 3060. The fourth-order valence-electron chi connectivity index (χ4n) is 10.5. The van der Waals surface area contributed by atoms with Gasteiger partial charge in [-0.15, -0.1) is 16.4 Å². The molecule has 20 nitrogen and oxygen atoms in total. The van der Waals surface area contributed by atoms with Crippen LogP contribution >= 0.6 is 11.3 Å². The van der Waals surface area contributed by atoms with Gasteiger partial charge in [0.25, 0.3) is 11.8 Å². The largest absolute Gasteiger partial charge is 0.748 e. The molecule has 4 N–H and O–H groups in total. The van der Waals surface area contributed by atoms with Crippen molar-refractivity contribution in [3.05, 3.63) is 92.6 Å². The SMILES string of the molecule is CCC(NC(=O)CCCOc1ccc(/C=C/c2cc(CCCS(=O)(=O)[O-])c3n2[B-](F)(F)[N+]2=C(c4cccs4)C=C(CCC[N+](C)(C)C)C2=C3)cc1)C(=O)NC(CCCC[N+](C)(C)C)C(=O)NCC[NH+](C)CCCCCC(=O)ON1C(=O)CCC1=O. The molecular weight excluding hydrogens is 1140 g/mol. The summed E-state index contributed by atoms with van der Waals surface area (Å²) in [5.74, 6) is -2.83. The van der Waals surface area contributed by atoms with Crippen LogP contribution in [0.15, 0.2) is 65.2 Å². The lowest BCUT2D eigenvalue weighted by molar-refractivity contribution is -0.878. The van der Waals surface area contributed by atoms with E-state index in [1.165, 1.54) is 11.3 Å². The van der Waals surface area contributed by atoms with Crippen molar-refractivity contribution in [3.63, 3.8) is 0 Å². The van der Waals surface area contributed by atoms with Crippen LogP contribution in [-0.4, -0.2) is 191 Å². The summed E-state index contributed by atoms with van der Waals surface area (Å²) in [6.45, 7) is 1.02. The minimum absolute atomic E-state index is 0.0188. The maximum atomic E-state index is 17.4. The van der Waals surface area contributed by atoms with Crippen LogP contribution in [0.1, 0.15) is 131 Å². The molecule has 3 aromatic rings. The zero-order chi connectivity index (χ0) is 62.1. The maximum Gasteiger partial charge on any atom is 0.737 e. The Kier molecular flexibility index (Phi) is 24.6. The van der Waals surface area contributed by atoms with E-state index in [4.69, 9.17) is 9.57 Å². The first-order valence-electron chi connectivity index (χ1n) is 29.7. The van der Waals surface area contributed by atoms with Crippen LogP contribution in [0.5, 0.6) is 5.75 Å². The molecule has 0 saturated carbocycles. The van der Waals surface area contributed by atoms with Gasteiger partial charge < -0.3 is 61.5 Å². The van der Waals surface area contributed by atoms with Gasteiger partial charge in [0.15, 0.2) is 11.4 Å². The Morgan fingerprint density at radius 3 is 2.20 bits per heavy atom. The van der Waals surface area contributed by atoms with E-state index in [-0.39, 0.29) is 68.3 Å². The van der Waals surface area contributed by atoms with E-state index < -0.39 is 58.6 Å². The highest BCUT2D eigenvalue weighted by atomic mass is 32.2. The first kappa shape index (κ1) is 67.7. The second kappa shape index (κ2) is 30.8. The van der Waals surface area contributed by atoms with Crippen molar-refractivity contribution >= 4 is 87.9 Å². The molecule has 1 aromatic carbocycles. The van der Waals surface area contributed by atoms with E-state index in [1.807, 2.05) is 30.6 Å². The molecule has 3 aliphatic heterocycles. The van der Waals surface area contributed by atoms with Crippen molar-refractivity contribution in [2.75, 3.05) is 94.4 Å². The third-order valence-electron chi connectivity index (χ3n) is 15.1. The smallest absolute Gasteiger partial charge is 0.737 e. The second-order valence-electron chi connectivity index (χ2n) is 24.4. The van der Waals surface area contributed by atoms with Crippen LogP contribution in [0.2, 0.25) is 0 Å². The average molecular weight is 1220 g/mol. The molecule has 2 aromatic heterocycles. The summed E-state index contributed by atoms with van der Waals surface area (Å²) < 4.78 is 79.3. The summed E-state index contributed by atoms with van der Waals surface area (Å²) in [6, 6.07) is 10.7. The van der Waals surface area contributed by atoms with Gasteiger partial charge in [-0.2, -0.15) is 0 Å². The standard InChI is InChI=1S/C60H86BF2N9O11S2/c1-9-49(60(78)66-50(21-12-14-36-71(3,4)5)59(77)64-33-35-67(2)34-13-10-11-24-58(76)83-70-56(74)31-32-57(70)75)65-55(73)23-16-38-82-48-29-26-44(27-30-48)25-28-47-41-45(20-18-40-85(79,80)81)51-43-52-46(19-15-37-72(6,7)8)42-53(54-22-17-39-84-54)69(52)61(62,63)68(47)51/h17,22,25-30,39,41-43,49-50H,9-16,18-21,23-24,31-38,40H2,1-8H3,(H2-2,64,65,66,73,77,78,79,80,81)/p+2/b28-25+. The van der Waals surface area contributed by atoms with Crippen LogP contribution in [0.25, 0.3) is 18.2 Å². The summed E-state index contributed by atoms with van der Waals surface area (Å²) in [4.78, 5) is 82.7. The first-order valence-corrected chi connectivity index (χ1v) is 32.2. The maximum absolute atomic E-state index is 17.4.